The number of nitrogens with one attached hydrogen (secondary N) is 1. The van der Waals surface area contributed by atoms with Crippen LogP contribution in [0.1, 0.15) is 71.6 Å². The molecule has 1 N–H and O–H groups in total. The van der Waals surface area contributed by atoms with Crippen molar-refractivity contribution in [2.75, 3.05) is 19.6 Å². The van der Waals surface area contributed by atoms with E-state index in [9.17, 15) is 0 Å². The summed E-state index contributed by atoms with van der Waals surface area (Å²) in [7, 11) is 0. The number of rotatable bonds is 3. The van der Waals surface area contributed by atoms with E-state index in [-0.39, 0.29) is 0 Å². The maximum absolute atomic E-state index is 3.77. The molecule has 2 saturated carbocycles. The molecule has 0 bridgehead atoms. The molecule has 0 radical (unpaired) electrons. The third-order valence-corrected chi connectivity index (χ3v) is 6.54. The van der Waals surface area contributed by atoms with Crippen LogP contribution in [0.5, 0.6) is 0 Å². The average molecular weight is 278 g/mol. The number of hydrogen-bond donors (Lipinski definition) is 1. The molecule has 2 nitrogen and oxygen atoms in total. The Morgan fingerprint density at radius 1 is 1.05 bits per heavy atom. The molecule has 0 aromatic heterocycles. The topological polar surface area (TPSA) is 15.3 Å². The van der Waals surface area contributed by atoms with Crippen LogP contribution < -0.4 is 5.32 Å². The highest BCUT2D eigenvalue weighted by Crippen LogP contribution is 2.47. The summed E-state index contributed by atoms with van der Waals surface area (Å²) in [4.78, 5) is 2.85. The molecule has 3 atom stereocenters. The Bertz CT molecular complexity index is 299. The Balaban J connectivity index is 1.59. The average Bonchev–Trinajstić information content (AvgIpc) is 2.90. The smallest absolute Gasteiger partial charge is 0.0251 e. The largest absolute Gasteiger partial charge is 0.313 e. The quantitative estimate of drug-likeness (QED) is 0.844. The zero-order valence-corrected chi connectivity index (χ0v) is 13.7. The van der Waals surface area contributed by atoms with Gasteiger partial charge >= 0.3 is 0 Å². The van der Waals surface area contributed by atoms with Crippen LogP contribution in [0.4, 0.5) is 0 Å². The summed E-state index contributed by atoms with van der Waals surface area (Å²) in [5.74, 6) is 0.928. The molecule has 1 aliphatic heterocycles. The van der Waals surface area contributed by atoms with Crippen molar-refractivity contribution in [3.8, 4) is 0 Å². The zero-order chi connectivity index (χ0) is 14.0. The van der Waals surface area contributed by atoms with Crippen LogP contribution in [-0.2, 0) is 0 Å². The van der Waals surface area contributed by atoms with Crippen molar-refractivity contribution in [3.63, 3.8) is 0 Å². The van der Waals surface area contributed by atoms with Crippen LogP contribution in [0.3, 0.4) is 0 Å². The van der Waals surface area contributed by atoms with Gasteiger partial charge in [-0.25, -0.2) is 0 Å². The molecule has 0 aromatic rings. The Hall–Kier alpha value is -0.0800. The molecule has 3 rings (SSSR count). The number of likely N-dealkylation sites (tertiary alicyclic amines) is 1. The lowest BCUT2D eigenvalue weighted by Gasteiger charge is -2.47. The van der Waals surface area contributed by atoms with Crippen LogP contribution in [0.15, 0.2) is 0 Å². The summed E-state index contributed by atoms with van der Waals surface area (Å²) >= 11 is 0. The standard InChI is InChI=1S/C18H34N2/c1-3-19-16-7-6-15(2)14-17(16)20-12-10-18(11-13-20)8-4-5-9-18/h15-17,19H,3-14H2,1-2H3. The SMILES string of the molecule is CCNC1CCC(C)CC1N1CCC2(CCCC2)CC1. The molecule has 2 heteroatoms. The van der Waals surface area contributed by atoms with E-state index in [0.717, 1.165) is 30.0 Å². The van der Waals surface area contributed by atoms with Crippen molar-refractivity contribution in [3.05, 3.63) is 0 Å². The number of piperidine rings is 1. The van der Waals surface area contributed by atoms with E-state index < -0.39 is 0 Å². The van der Waals surface area contributed by atoms with Crippen molar-refractivity contribution in [2.24, 2.45) is 11.3 Å². The summed E-state index contributed by atoms with van der Waals surface area (Å²) in [6.07, 6.45) is 13.3. The fourth-order valence-corrected chi connectivity index (χ4v) is 5.21. The molecule has 1 heterocycles. The minimum Gasteiger partial charge on any atom is -0.313 e. The number of nitrogens with zero attached hydrogens (tertiary/aromatic N) is 1. The van der Waals surface area contributed by atoms with E-state index in [1.54, 1.807) is 0 Å². The van der Waals surface area contributed by atoms with Crippen molar-refractivity contribution in [1.29, 1.82) is 0 Å². The van der Waals surface area contributed by atoms with Gasteiger partial charge in [0.25, 0.3) is 0 Å². The zero-order valence-electron chi connectivity index (χ0n) is 13.7. The molecular formula is C18H34N2. The van der Waals surface area contributed by atoms with Gasteiger partial charge in [-0.2, -0.15) is 0 Å². The van der Waals surface area contributed by atoms with Gasteiger partial charge in [-0.05, 0) is 75.9 Å². The summed E-state index contributed by atoms with van der Waals surface area (Å²) < 4.78 is 0. The van der Waals surface area contributed by atoms with Crippen molar-refractivity contribution in [2.45, 2.75) is 83.7 Å². The lowest BCUT2D eigenvalue weighted by molar-refractivity contribution is 0.0369. The predicted molar refractivity (Wildman–Crippen MR) is 86.0 cm³/mol. The Labute approximate surface area is 125 Å². The molecule has 0 amide bonds. The minimum absolute atomic E-state index is 0.758. The van der Waals surface area contributed by atoms with Crippen LogP contribution in [0.2, 0.25) is 0 Å². The lowest BCUT2D eigenvalue weighted by atomic mass is 9.75. The summed E-state index contributed by atoms with van der Waals surface area (Å²) in [5, 5.41) is 3.77. The monoisotopic (exact) mass is 278 g/mol. The van der Waals surface area contributed by atoms with Gasteiger partial charge in [0.05, 0.1) is 0 Å². The summed E-state index contributed by atoms with van der Waals surface area (Å²) in [5.41, 5.74) is 0.768. The number of hydrogen-bond acceptors (Lipinski definition) is 2. The van der Waals surface area contributed by atoms with Crippen LogP contribution >= 0.6 is 0 Å². The van der Waals surface area contributed by atoms with E-state index in [4.69, 9.17) is 0 Å². The molecule has 1 spiro atoms. The second kappa shape index (κ2) is 6.36. The van der Waals surface area contributed by atoms with Gasteiger partial charge in [0.15, 0.2) is 0 Å². The highest BCUT2D eigenvalue weighted by atomic mass is 15.2. The highest BCUT2D eigenvalue weighted by molar-refractivity contribution is 4.95. The van der Waals surface area contributed by atoms with E-state index >= 15 is 0 Å². The molecule has 0 aromatic carbocycles. The van der Waals surface area contributed by atoms with Gasteiger partial charge < -0.3 is 5.32 Å². The molecular weight excluding hydrogens is 244 g/mol. The molecule has 3 fully saturated rings. The Morgan fingerprint density at radius 2 is 1.75 bits per heavy atom. The lowest BCUT2D eigenvalue weighted by Crippen LogP contribution is -2.55. The molecule has 2 aliphatic carbocycles. The molecule has 116 valence electrons. The van der Waals surface area contributed by atoms with Gasteiger partial charge in [-0.1, -0.05) is 26.7 Å². The first-order valence-corrected chi connectivity index (χ1v) is 9.20. The Kier molecular flexibility index (Phi) is 4.72. The fraction of sp³-hybridized carbons (Fsp3) is 1.00. The van der Waals surface area contributed by atoms with Crippen molar-refractivity contribution in [1.82, 2.24) is 10.2 Å². The van der Waals surface area contributed by atoms with Crippen molar-refractivity contribution < 1.29 is 0 Å². The predicted octanol–water partition coefficient (Wildman–Crippen LogP) is 3.81. The first kappa shape index (κ1) is 14.8. The van der Waals surface area contributed by atoms with E-state index in [0.29, 0.717) is 0 Å². The van der Waals surface area contributed by atoms with Gasteiger partial charge in [-0.15, -0.1) is 0 Å². The molecule has 3 unspecified atom stereocenters. The maximum atomic E-state index is 3.77. The first-order valence-electron chi connectivity index (χ1n) is 9.20. The second-order valence-electron chi connectivity index (χ2n) is 7.89. The van der Waals surface area contributed by atoms with Crippen LogP contribution in [0.25, 0.3) is 0 Å². The van der Waals surface area contributed by atoms with Gasteiger partial charge in [-0.3, -0.25) is 4.90 Å². The Morgan fingerprint density at radius 3 is 2.40 bits per heavy atom. The summed E-state index contributed by atoms with van der Waals surface area (Å²) in [6, 6.07) is 1.58. The van der Waals surface area contributed by atoms with Gasteiger partial charge in [0, 0.05) is 12.1 Å². The van der Waals surface area contributed by atoms with E-state index in [2.05, 4.69) is 24.1 Å². The normalized spacial score (nSPS) is 38.4. The van der Waals surface area contributed by atoms with Gasteiger partial charge in [0.2, 0.25) is 0 Å². The van der Waals surface area contributed by atoms with Crippen LogP contribution in [0, 0.1) is 11.3 Å². The minimum atomic E-state index is 0.758. The van der Waals surface area contributed by atoms with E-state index in [1.165, 1.54) is 70.9 Å². The number of likely N-dealkylation sites (N-methyl/N-ethyl adjacent to an activating group) is 1. The third-order valence-electron chi connectivity index (χ3n) is 6.54. The summed E-state index contributed by atoms with van der Waals surface area (Å²) in [6.45, 7) is 8.60. The third kappa shape index (κ3) is 3.06. The van der Waals surface area contributed by atoms with Gasteiger partial charge in [0.1, 0.15) is 0 Å². The molecule has 1 saturated heterocycles. The van der Waals surface area contributed by atoms with E-state index in [1.807, 2.05) is 0 Å². The van der Waals surface area contributed by atoms with Crippen molar-refractivity contribution >= 4 is 0 Å². The fourth-order valence-electron chi connectivity index (χ4n) is 5.21. The highest BCUT2D eigenvalue weighted by Gasteiger charge is 2.40. The van der Waals surface area contributed by atoms with Crippen LogP contribution in [-0.4, -0.2) is 36.6 Å². The first-order chi connectivity index (χ1) is 9.72. The second-order valence-corrected chi connectivity index (χ2v) is 7.89. The molecule has 3 aliphatic rings. The molecule has 20 heavy (non-hydrogen) atoms. The maximum Gasteiger partial charge on any atom is 0.0251 e.